The van der Waals surface area contributed by atoms with E-state index in [0.29, 0.717) is 42.7 Å². The molecule has 7 nitrogen and oxygen atoms in total. The first-order valence-electron chi connectivity index (χ1n) is 10.9. The molecule has 0 fully saturated rings. The van der Waals surface area contributed by atoms with Crippen molar-refractivity contribution in [1.82, 2.24) is 4.31 Å². The fraction of sp³-hybridized carbons (Fsp3) is 0.333. The normalized spacial score (nSPS) is 18.4. The minimum atomic E-state index is -4.03. The number of carbonyl (C=O) groups excluding carboxylic acids is 2. The molecule has 0 spiro atoms. The lowest BCUT2D eigenvalue weighted by Gasteiger charge is -2.27. The summed E-state index contributed by atoms with van der Waals surface area (Å²) in [5.41, 5.74) is 5.44. The SMILES string of the molecule is Cc1c(NC(=O)C(F)(F)Cl)cccc1-c1ccc(C=O)c2c1CC(C1=CCN(S(C)(=O)=O)CC1)N2. The van der Waals surface area contributed by atoms with Crippen LogP contribution in [0.15, 0.2) is 42.0 Å². The molecule has 2 aromatic rings. The van der Waals surface area contributed by atoms with Gasteiger partial charge in [0.2, 0.25) is 10.0 Å². The van der Waals surface area contributed by atoms with Crippen LogP contribution in [0.4, 0.5) is 20.2 Å². The Kier molecular flexibility index (Phi) is 6.74. The van der Waals surface area contributed by atoms with E-state index in [-0.39, 0.29) is 11.7 Å². The van der Waals surface area contributed by atoms with Crippen LogP contribution in [0.2, 0.25) is 0 Å². The summed E-state index contributed by atoms with van der Waals surface area (Å²) in [6.07, 6.45) is 4.99. The Labute approximate surface area is 207 Å². The fourth-order valence-corrected chi connectivity index (χ4v) is 5.41. The molecule has 2 heterocycles. The zero-order chi connectivity index (χ0) is 25.5. The molecule has 2 aliphatic heterocycles. The van der Waals surface area contributed by atoms with Crippen LogP contribution in [0.25, 0.3) is 11.1 Å². The number of nitrogens with zero attached hydrogens (tertiary/aromatic N) is 1. The smallest absolute Gasteiger partial charge is 0.377 e. The van der Waals surface area contributed by atoms with Gasteiger partial charge in [0.05, 0.1) is 12.3 Å². The van der Waals surface area contributed by atoms with E-state index in [4.69, 9.17) is 11.6 Å². The maximum Gasteiger partial charge on any atom is 0.400 e. The van der Waals surface area contributed by atoms with Gasteiger partial charge in [-0.1, -0.05) is 24.3 Å². The quantitative estimate of drug-likeness (QED) is 0.336. The lowest BCUT2D eigenvalue weighted by atomic mass is 9.90. The number of hydrogen-bond donors (Lipinski definition) is 2. The number of rotatable bonds is 6. The Morgan fingerprint density at radius 3 is 2.60 bits per heavy atom. The van der Waals surface area contributed by atoms with Gasteiger partial charge in [-0.05, 0) is 71.3 Å². The predicted octanol–water partition coefficient (Wildman–Crippen LogP) is 4.17. The van der Waals surface area contributed by atoms with Gasteiger partial charge in [0.1, 0.15) is 0 Å². The minimum Gasteiger partial charge on any atom is -0.377 e. The Balaban J connectivity index is 1.68. The van der Waals surface area contributed by atoms with Crippen LogP contribution in [0.1, 0.15) is 27.9 Å². The zero-order valence-electron chi connectivity index (χ0n) is 19.1. The molecule has 0 aromatic heterocycles. The third-order valence-electron chi connectivity index (χ3n) is 6.45. The number of hydrogen-bond acceptors (Lipinski definition) is 5. The van der Waals surface area contributed by atoms with Crippen molar-refractivity contribution in [2.45, 2.75) is 31.2 Å². The first kappa shape index (κ1) is 25.3. The Morgan fingerprint density at radius 1 is 1.26 bits per heavy atom. The molecule has 0 radical (unpaired) electrons. The molecule has 0 saturated heterocycles. The van der Waals surface area contributed by atoms with Gasteiger partial charge in [-0.25, -0.2) is 8.42 Å². The summed E-state index contributed by atoms with van der Waals surface area (Å²) in [7, 11) is -3.27. The van der Waals surface area contributed by atoms with Gasteiger partial charge >= 0.3 is 11.3 Å². The van der Waals surface area contributed by atoms with E-state index in [9.17, 15) is 26.8 Å². The molecule has 4 rings (SSSR count). The molecule has 0 aliphatic carbocycles. The Bertz CT molecular complexity index is 1340. The molecule has 1 atom stereocenters. The molecule has 0 bridgehead atoms. The zero-order valence-corrected chi connectivity index (χ0v) is 20.6. The van der Waals surface area contributed by atoms with Crippen LogP contribution in [-0.4, -0.2) is 55.7 Å². The highest BCUT2D eigenvalue weighted by molar-refractivity contribution is 7.88. The first-order valence-corrected chi connectivity index (χ1v) is 13.1. The van der Waals surface area contributed by atoms with Crippen LogP contribution in [-0.2, 0) is 21.2 Å². The van der Waals surface area contributed by atoms with E-state index in [1.165, 1.54) is 16.6 Å². The van der Waals surface area contributed by atoms with Crippen molar-refractivity contribution in [2.75, 3.05) is 30.0 Å². The molecular weight excluding hydrogens is 500 g/mol. The molecule has 1 unspecified atom stereocenters. The third-order valence-corrected chi connectivity index (χ3v) is 7.89. The lowest BCUT2D eigenvalue weighted by Crippen LogP contribution is -2.36. The lowest BCUT2D eigenvalue weighted by molar-refractivity contribution is -0.130. The van der Waals surface area contributed by atoms with Gasteiger partial charge in [-0.2, -0.15) is 13.1 Å². The Morgan fingerprint density at radius 2 is 2.00 bits per heavy atom. The second kappa shape index (κ2) is 9.33. The number of anilines is 2. The standard InChI is InChI=1S/C24H24ClF2N3O4S/c1-14-17(4-3-5-20(14)29-23(32)24(25,26)27)18-7-6-16(13-31)22-19(18)12-21(28-22)15-8-10-30(11-9-15)35(2,33)34/h3-8,13,21,28H,9-12H2,1-2H3,(H,29,32). The van der Waals surface area contributed by atoms with Crippen molar-refractivity contribution in [1.29, 1.82) is 0 Å². The summed E-state index contributed by atoms with van der Waals surface area (Å²) in [4.78, 5) is 23.4. The van der Waals surface area contributed by atoms with Crippen molar-refractivity contribution in [3.05, 3.63) is 58.7 Å². The van der Waals surface area contributed by atoms with Crippen LogP contribution in [0.3, 0.4) is 0 Å². The molecule has 0 saturated carbocycles. The summed E-state index contributed by atoms with van der Waals surface area (Å²) in [5, 5.41) is 1.56. The average Bonchev–Trinajstić information content (AvgIpc) is 3.24. The first-order chi connectivity index (χ1) is 16.4. The van der Waals surface area contributed by atoms with Gasteiger partial charge < -0.3 is 10.6 Å². The van der Waals surface area contributed by atoms with Gasteiger partial charge in [0.25, 0.3) is 0 Å². The van der Waals surface area contributed by atoms with Crippen LogP contribution >= 0.6 is 11.6 Å². The molecule has 186 valence electrons. The van der Waals surface area contributed by atoms with E-state index in [0.717, 1.165) is 28.5 Å². The minimum absolute atomic E-state index is 0.107. The predicted molar refractivity (Wildman–Crippen MR) is 132 cm³/mol. The summed E-state index contributed by atoms with van der Waals surface area (Å²) >= 11 is 4.85. The third kappa shape index (κ3) is 5.10. The maximum absolute atomic E-state index is 13.2. The molecule has 2 aromatic carbocycles. The number of amides is 1. The van der Waals surface area contributed by atoms with Crippen LogP contribution in [0, 0.1) is 6.92 Å². The highest BCUT2D eigenvalue weighted by Crippen LogP contribution is 2.41. The van der Waals surface area contributed by atoms with Crippen molar-refractivity contribution in [3.63, 3.8) is 0 Å². The number of alkyl halides is 3. The van der Waals surface area contributed by atoms with Gasteiger partial charge in [-0.15, -0.1) is 0 Å². The summed E-state index contributed by atoms with van der Waals surface area (Å²) in [6, 6.07) is 8.36. The highest BCUT2D eigenvalue weighted by Gasteiger charge is 2.36. The summed E-state index contributed by atoms with van der Waals surface area (Å²) in [6.45, 7) is 2.39. The molecule has 11 heteroatoms. The number of sulfonamides is 1. The van der Waals surface area contributed by atoms with Crippen molar-refractivity contribution >= 4 is 45.2 Å². The number of halogens is 3. The van der Waals surface area contributed by atoms with Gasteiger partial charge in [-0.3, -0.25) is 9.59 Å². The molecule has 1 amide bonds. The molecule has 35 heavy (non-hydrogen) atoms. The monoisotopic (exact) mass is 523 g/mol. The fourth-order valence-electron chi connectivity index (χ4n) is 4.59. The molecule has 2 aliphatic rings. The largest absolute Gasteiger partial charge is 0.400 e. The van der Waals surface area contributed by atoms with Crippen molar-refractivity contribution in [2.24, 2.45) is 0 Å². The van der Waals surface area contributed by atoms with Gasteiger partial charge in [0, 0.05) is 30.0 Å². The number of nitrogens with one attached hydrogen (secondary N) is 2. The van der Waals surface area contributed by atoms with Crippen LogP contribution in [0.5, 0.6) is 0 Å². The average molecular weight is 524 g/mol. The summed E-state index contributed by atoms with van der Waals surface area (Å²) < 4.78 is 51.5. The second-order valence-corrected chi connectivity index (χ2v) is 11.1. The van der Waals surface area contributed by atoms with E-state index >= 15 is 0 Å². The highest BCUT2D eigenvalue weighted by atomic mass is 35.5. The number of aldehydes is 1. The van der Waals surface area contributed by atoms with Crippen molar-refractivity contribution < 1.29 is 26.8 Å². The molecule has 2 N–H and O–H groups in total. The maximum atomic E-state index is 13.2. The number of carbonyl (C=O) groups is 2. The number of benzene rings is 2. The van der Waals surface area contributed by atoms with E-state index in [1.807, 2.05) is 12.1 Å². The van der Waals surface area contributed by atoms with Crippen molar-refractivity contribution in [3.8, 4) is 11.1 Å². The van der Waals surface area contributed by atoms with Gasteiger partial charge in [0.15, 0.2) is 6.29 Å². The van der Waals surface area contributed by atoms with E-state index in [2.05, 4.69) is 10.6 Å². The van der Waals surface area contributed by atoms with E-state index in [1.54, 1.807) is 25.1 Å². The molecular formula is C24H24ClF2N3O4S. The second-order valence-electron chi connectivity index (χ2n) is 8.65. The summed E-state index contributed by atoms with van der Waals surface area (Å²) in [5.74, 6) is -1.62. The number of fused-ring (bicyclic) bond motifs is 1. The van der Waals surface area contributed by atoms with Crippen LogP contribution < -0.4 is 10.6 Å². The van der Waals surface area contributed by atoms with E-state index < -0.39 is 21.3 Å². The Hall–Kier alpha value is -2.82. The topological polar surface area (TPSA) is 95.6 Å².